The molecule has 2 aromatic rings. The van der Waals surface area contributed by atoms with Crippen molar-refractivity contribution in [3.05, 3.63) is 70.3 Å². The van der Waals surface area contributed by atoms with Crippen molar-refractivity contribution in [3.8, 4) is 5.75 Å². The number of anilines is 1. The molecule has 7 rings (SSSR count). The number of ether oxygens (including phenoxy) is 3. The second-order valence-corrected chi connectivity index (χ2v) is 16.9. The smallest absolute Gasteiger partial charge is 0.286 e. The summed E-state index contributed by atoms with van der Waals surface area (Å²) >= 11 is 6.45. The molecule has 2 amide bonds. The van der Waals surface area contributed by atoms with Gasteiger partial charge in [0.25, 0.3) is 5.91 Å². The Labute approximate surface area is 289 Å². The first kappa shape index (κ1) is 33.6. The molecule has 1 unspecified atom stereocenters. The summed E-state index contributed by atoms with van der Waals surface area (Å²) in [4.78, 5) is 29.4. The van der Waals surface area contributed by atoms with Crippen molar-refractivity contribution in [2.24, 2.45) is 28.0 Å². The molecule has 7 atom stereocenters. The highest BCUT2D eigenvalue weighted by Crippen LogP contribution is 2.47. The number of nitrogens with zero attached hydrogens (tertiary/aromatic N) is 2. The number of methoxy groups -OCH3 is 1. The van der Waals surface area contributed by atoms with Gasteiger partial charge in [0.05, 0.1) is 36.7 Å². The van der Waals surface area contributed by atoms with Crippen molar-refractivity contribution in [2.75, 3.05) is 50.7 Å². The number of fused-ring (bicyclic) bond motifs is 4. The van der Waals surface area contributed by atoms with Gasteiger partial charge in [-0.25, -0.2) is 4.21 Å². The third-order valence-electron chi connectivity index (χ3n) is 11.1. The molecule has 1 spiro atoms. The fraction of sp³-hybridized carbons (Fsp3) is 0.568. The maximum atomic E-state index is 14.4. The van der Waals surface area contributed by atoms with E-state index in [9.17, 15) is 13.8 Å². The van der Waals surface area contributed by atoms with Gasteiger partial charge in [0.2, 0.25) is 5.91 Å². The van der Waals surface area contributed by atoms with Crippen LogP contribution in [0, 0.1) is 23.7 Å². The van der Waals surface area contributed by atoms with Gasteiger partial charge in [-0.3, -0.25) is 14.3 Å². The molecule has 2 aliphatic carbocycles. The summed E-state index contributed by atoms with van der Waals surface area (Å²) in [6.45, 7) is 4.76. The number of rotatable bonds is 3. The van der Waals surface area contributed by atoms with E-state index in [-0.39, 0.29) is 35.7 Å². The maximum absolute atomic E-state index is 14.4. The Bertz CT molecular complexity index is 1720. The minimum atomic E-state index is -3.43. The van der Waals surface area contributed by atoms with E-state index in [1.807, 2.05) is 25.1 Å². The number of allylic oxidation sites excluding steroid dienone is 1. The highest BCUT2D eigenvalue weighted by atomic mass is 35.5. The SMILES string of the molecule is CO[C@H]1/C=C\C[C@H](C)CS(=O)(NC(=O)[C@H]2CCOC2)=NC(=O)c2ccc3c(c2)N(C[C@@H]2CC[C@H]21)C[C@@]1(CCCc2cc(Cl)ccc21)CO3. The fourth-order valence-corrected chi connectivity index (χ4v) is 10.5. The molecule has 2 bridgehead atoms. The van der Waals surface area contributed by atoms with Gasteiger partial charge in [-0.1, -0.05) is 36.7 Å². The van der Waals surface area contributed by atoms with Crippen LogP contribution in [-0.4, -0.2) is 67.9 Å². The van der Waals surface area contributed by atoms with E-state index < -0.39 is 21.7 Å². The summed E-state index contributed by atoms with van der Waals surface area (Å²) in [6, 6.07) is 11.6. The number of hydrogen-bond acceptors (Lipinski definition) is 7. The van der Waals surface area contributed by atoms with Gasteiger partial charge < -0.3 is 19.1 Å². The van der Waals surface area contributed by atoms with Crippen LogP contribution < -0.4 is 14.4 Å². The molecular formula is C37H46ClN3O6S. The zero-order valence-corrected chi connectivity index (χ0v) is 29.4. The lowest BCUT2D eigenvalue weighted by Crippen LogP contribution is -2.49. The van der Waals surface area contributed by atoms with Crippen LogP contribution in [-0.2, 0) is 36.0 Å². The Morgan fingerprint density at radius 2 is 2.06 bits per heavy atom. The molecule has 48 heavy (non-hydrogen) atoms. The zero-order valence-electron chi connectivity index (χ0n) is 27.8. The summed E-state index contributed by atoms with van der Waals surface area (Å²) in [7, 11) is -1.66. The first-order valence-electron chi connectivity index (χ1n) is 17.3. The highest BCUT2D eigenvalue weighted by Gasteiger charge is 2.44. The molecule has 0 aromatic heterocycles. The van der Waals surface area contributed by atoms with Gasteiger partial charge >= 0.3 is 0 Å². The van der Waals surface area contributed by atoms with E-state index in [0.29, 0.717) is 49.2 Å². The standard InChI is InChI=1S/C37H46ClN3O6S/c1-24-5-3-7-33(45-2)30-11-8-27(30)19-41-22-37(15-4-6-25-17-29(38)10-12-31(25)37)23-47-34-13-9-26(18-32(34)41)35(42)39-48(44,21-24)40-36(43)28-14-16-46-20-28/h3,7,9-10,12-13,17-18,24,27-28,30,33H,4-6,8,11,14-16,19-23H2,1-2H3,(H,39,40,42,43,44)/b7-3-/t24-,27-,28-,30+,33-,37-,48?/m0/s1. The van der Waals surface area contributed by atoms with Crippen molar-refractivity contribution in [1.82, 2.24) is 4.72 Å². The molecule has 2 fully saturated rings. The first-order chi connectivity index (χ1) is 23.1. The fourth-order valence-electron chi connectivity index (χ4n) is 8.35. The minimum absolute atomic E-state index is 0.0397. The molecule has 9 nitrogen and oxygen atoms in total. The van der Waals surface area contributed by atoms with Crippen LogP contribution in [0.2, 0.25) is 5.02 Å². The Kier molecular flexibility index (Phi) is 9.63. The van der Waals surface area contributed by atoms with E-state index in [1.54, 1.807) is 13.2 Å². The zero-order chi connectivity index (χ0) is 33.5. The summed E-state index contributed by atoms with van der Waals surface area (Å²) in [5, 5.41) is 0.746. The van der Waals surface area contributed by atoms with E-state index >= 15 is 0 Å². The molecule has 3 heterocycles. The maximum Gasteiger partial charge on any atom is 0.286 e. The highest BCUT2D eigenvalue weighted by molar-refractivity contribution is 7.92. The Balaban J connectivity index is 1.30. The number of benzene rings is 2. The van der Waals surface area contributed by atoms with Crippen LogP contribution in [0.3, 0.4) is 0 Å². The molecule has 11 heteroatoms. The van der Waals surface area contributed by atoms with Gasteiger partial charge in [-0.05, 0) is 104 Å². The van der Waals surface area contributed by atoms with Crippen LogP contribution in [0.1, 0.15) is 66.9 Å². The monoisotopic (exact) mass is 695 g/mol. The van der Waals surface area contributed by atoms with Crippen molar-refractivity contribution in [1.29, 1.82) is 0 Å². The Morgan fingerprint density at radius 1 is 1.19 bits per heavy atom. The van der Waals surface area contributed by atoms with E-state index in [1.165, 1.54) is 11.1 Å². The van der Waals surface area contributed by atoms with E-state index in [2.05, 4.69) is 38.3 Å². The second kappa shape index (κ2) is 13.8. The molecule has 5 aliphatic rings. The number of amides is 2. The molecule has 2 aromatic carbocycles. The molecule has 1 saturated carbocycles. The first-order valence-corrected chi connectivity index (χ1v) is 19.4. The lowest BCUT2D eigenvalue weighted by molar-refractivity contribution is -0.123. The number of carbonyl (C=O) groups is 2. The number of nitrogens with one attached hydrogen (secondary N) is 1. The van der Waals surface area contributed by atoms with Crippen molar-refractivity contribution < 1.29 is 28.0 Å². The van der Waals surface area contributed by atoms with Crippen LogP contribution in [0.25, 0.3) is 0 Å². The molecule has 258 valence electrons. The number of carbonyl (C=O) groups excluding carboxylic acids is 2. The number of halogens is 1. The molecule has 0 radical (unpaired) electrons. The minimum Gasteiger partial charge on any atom is -0.490 e. The third kappa shape index (κ3) is 6.78. The van der Waals surface area contributed by atoms with Gasteiger partial charge in [-0.2, -0.15) is 0 Å². The second-order valence-electron chi connectivity index (χ2n) is 14.5. The summed E-state index contributed by atoms with van der Waals surface area (Å²) < 4.78 is 39.4. The largest absolute Gasteiger partial charge is 0.490 e. The number of aryl methyl sites for hydroxylation is 1. The van der Waals surface area contributed by atoms with E-state index in [4.69, 9.17) is 25.8 Å². The lowest BCUT2D eigenvalue weighted by atomic mass is 9.68. The van der Waals surface area contributed by atoms with Gasteiger partial charge in [0.15, 0.2) is 0 Å². The van der Waals surface area contributed by atoms with Crippen LogP contribution in [0.5, 0.6) is 5.75 Å². The number of hydrogen-bond donors (Lipinski definition) is 1. The van der Waals surface area contributed by atoms with Crippen molar-refractivity contribution in [2.45, 2.75) is 63.4 Å². The van der Waals surface area contributed by atoms with Crippen molar-refractivity contribution >= 4 is 39.0 Å². The van der Waals surface area contributed by atoms with Crippen LogP contribution >= 0.6 is 11.6 Å². The summed E-state index contributed by atoms with van der Waals surface area (Å²) in [6.07, 6.45) is 10.5. The lowest BCUT2D eigenvalue weighted by Gasteiger charge is -2.46. The van der Waals surface area contributed by atoms with Gasteiger partial charge in [-0.15, -0.1) is 4.36 Å². The van der Waals surface area contributed by atoms with Gasteiger partial charge in [0, 0.05) is 42.8 Å². The summed E-state index contributed by atoms with van der Waals surface area (Å²) in [5.74, 6) is 0.0143. The Morgan fingerprint density at radius 3 is 2.83 bits per heavy atom. The molecule has 1 N–H and O–H groups in total. The predicted octanol–water partition coefficient (Wildman–Crippen LogP) is 6.13. The molecule has 3 aliphatic heterocycles. The van der Waals surface area contributed by atoms with Crippen molar-refractivity contribution in [3.63, 3.8) is 0 Å². The Hall–Kier alpha value is -2.92. The van der Waals surface area contributed by atoms with Crippen LogP contribution in [0.4, 0.5) is 5.69 Å². The molecular weight excluding hydrogens is 650 g/mol. The van der Waals surface area contributed by atoms with Gasteiger partial charge in [0.1, 0.15) is 15.7 Å². The predicted molar refractivity (Wildman–Crippen MR) is 187 cm³/mol. The average Bonchev–Trinajstić information content (AvgIpc) is 3.55. The topological polar surface area (TPSA) is 107 Å². The summed E-state index contributed by atoms with van der Waals surface area (Å²) in [5.41, 5.74) is 3.46. The average molecular weight is 696 g/mol. The molecule has 1 saturated heterocycles. The van der Waals surface area contributed by atoms with E-state index in [0.717, 1.165) is 55.9 Å². The normalized spacial score (nSPS) is 34.1. The third-order valence-corrected chi connectivity index (χ3v) is 13.3. The quantitative estimate of drug-likeness (QED) is 0.386. The van der Waals surface area contributed by atoms with Crippen LogP contribution in [0.15, 0.2) is 52.9 Å².